The summed E-state index contributed by atoms with van der Waals surface area (Å²) in [5.41, 5.74) is -0.438. The molecule has 2 N–H and O–H groups in total. The molecule has 4 heteroatoms. The summed E-state index contributed by atoms with van der Waals surface area (Å²) in [6.45, 7) is 0. The number of amides is 1. The highest BCUT2D eigenvalue weighted by Crippen LogP contribution is 2.43. The highest BCUT2D eigenvalue weighted by atomic mass is 16.4. The predicted octanol–water partition coefficient (Wildman–Crippen LogP) is 3.11. The van der Waals surface area contributed by atoms with E-state index in [9.17, 15) is 9.59 Å². The summed E-state index contributed by atoms with van der Waals surface area (Å²) in [6, 6.07) is 0. The van der Waals surface area contributed by atoms with E-state index in [4.69, 9.17) is 5.11 Å². The summed E-state index contributed by atoms with van der Waals surface area (Å²) in [7, 11) is 0. The third-order valence-corrected chi connectivity index (χ3v) is 6.10. The molecule has 0 saturated heterocycles. The van der Waals surface area contributed by atoms with Crippen LogP contribution in [0.5, 0.6) is 0 Å². The van der Waals surface area contributed by atoms with E-state index >= 15 is 0 Å². The highest BCUT2D eigenvalue weighted by molar-refractivity contribution is 5.81. The van der Waals surface area contributed by atoms with Gasteiger partial charge in [-0.15, -0.1) is 0 Å². The number of carbonyl (C=O) groups is 2. The molecule has 0 aliphatic heterocycles. The maximum absolute atomic E-state index is 12.6. The van der Waals surface area contributed by atoms with Crippen molar-refractivity contribution in [3.05, 3.63) is 0 Å². The molecule has 3 atom stereocenters. The Morgan fingerprint density at radius 1 is 1.00 bits per heavy atom. The van der Waals surface area contributed by atoms with Crippen LogP contribution < -0.4 is 5.32 Å². The van der Waals surface area contributed by atoms with Gasteiger partial charge in [-0.3, -0.25) is 9.59 Å². The Morgan fingerprint density at radius 2 is 1.71 bits per heavy atom. The largest absolute Gasteiger partial charge is 0.481 e. The first kappa shape index (κ1) is 14.9. The van der Waals surface area contributed by atoms with E-state index in [0.717, 1.165) is 43.9 Å². The fraction of sp³-hybridized carbons (Fsp3) is 0.882. The SMILES string of the molecule is O=C(O)CC1(NC(=O)C2CCC3CCCCC3C2)CCC1. The number of hydrogen-bond acceptors (Lipinski definition) is 2. The Balaban J connectivity index is 1.56. The van der Waals surface area contributed by atoms with E-state index in [0.29, 0.717) is 0 Å². The van der Waals surface area contributed by atoms with Crippen molar-refractivity contribution in [2.45, 2.75) is 76.2 Å². The second-order valence-electron chi connectivity index (χ2n) is 7.51. The van der Waals surface area contributed by atoms with Crippen LogP contribution >= 0.6 is 0 Å². The molecule has 0 heterocycles. The summed E-state index contributed by atoms with van der Waals surface area (Å²) < 4.78 is 0. The molecule has 0 bridgehead atoms. The van der Waals surface area contributed by atoms with Crippen LogP contribution in [0.4, 0.5) is 0 Å². The van der Waals surface area contributed by atoms with Gasteiger partial charge in [0.15, 0.2) is 0 Å². The molecule has 1 amide bonds. The molecule has 0 aromatic heterocycles. The molecule has 4 nitrogen and oxygen atoms in total. The molecule has 118 valence electrons. The highest BCUT2D eigenvalue weighted by Gasteiger charge is 2.43. The Bertz CT molecular complexity index is 416. The zero-order chi connectivity index (χ0) is 14.9. The van der Waals surface area contributed by atoms with Gasteiger partial charge < -0.3 is 10.4 Å². The second kappa shape index (κ2) is 5.98. The lowest BCUT2D eigenvalue weighted by atomic mass is 9.67. The average molecular weight is 293 g/mol. The summed E-state index contributed by atoms with van der Waals surface area (Å²) in [6.07, 6.45) is 11.3. The van der Waals surface area contributed by atoms with Gasteiger partial charge in [0.25, 0.3) is 0 Å². The minimum atomic E-state index is -0.800. The number of rotatable bonds is 4. The Hall–Kier alpha value is -1.06. The normalized spacial score (nSPS) is 34.4. The number of hydrogen-bond donors (Lipinski definition) is 2. The van der Waals surface area contributed by atoms with Gasteiger partial charge in [0.05, 0.1) is 12.0 Å². The zero-order valence-electron chi connectivity index (χ0n) is 12.8. The maximum atomic E-state index is 12.6. The molecule has 3 unspecified atom stereocenters. The van der Waals surface area contributed by atoms with E-state index in [1.807, 2.05) is 0 Å². The topological polar surface area (TPSA) is 66.4 Å². The average Bonchev–Trinajstić information content (AvgIpc) is 2.43. The summed E-state index contributed by atoms with van der Waals surface area (Å²) in [5.74, 6) is 1.03. The number of nitrogens with one attached hydrogen (secondary N) is 1. The molecule has 3 rings (SSSR count). The van der Waals surface area contributed by atoms with Crippen LogP contribution in [0.1, 0.15) is 70.6 Å². The zero-order valence-corrected chi connectivity index (χ0v) is 12.8. The molecule has 0 radical (unpaired) electrons. The summed E-state index contributed by atoms with van der Waals surface area (Å²) in [4.78, 5) is 23.6. The van der Waals surface area contributed by atoms with E-state index in [-0.39, 0.29) is 18.2 Å². The standard InChI is InChI=1S/C17H27NO3/c19-15(20)11-17(8-3-9-17)18-16(21)14-7-6-12-4-1-2-5-13(12)10-14/h12-14H,1-11H2,(H,18,21)(H,19,20). The van der Waals surface area contributed by atoms with E-state index in [1.165, 1.54) is 32.1 Å². The van der Waals surface area contributed by atoms with Gasteiger partial charge in [-0.25, -0.2) is 0 Å². The molecule has 3 aliphatic carbocycles. The number of carbonyl (C=O) groups excluding carboxylic acids is 1. The smallest absolute Gasteiger partial charge is 0.305 e. The van der Waals surface area contributed by atoms with Crippen LogP contribution in [0.15, 0.2) is 0 Å². The fourth-order valence-electron chi connectivity index (χ4n) is 4.71. The van der Waals surface area contributed by atoms with Gasteiger partial charge in [0.2, 0.25) is 5.91 Å². The Labute approximate surface area is 126 Å². The quantitative estimate of drug-likeness (QED) is 0.837. The molecule has 3 saturated carbocycles. The van der Waals surface area contributed by atoms with Gasteiger partial charge in [-0.2, -0.15) is 0 Å². The number of fused-ring (bicyclic) bond motifs is 1. The minimum absolute atomic E-state index is 0.0809. The van der Waals surface area contributed by atoms with Crippen molar-refractivity contribution in [1.82, 2.24) is 5.32 Å². The molecular weight excluding hydrogens is 266 g/mol. The van der Waals surface area contributed by atoms with Crippen LogP contribution in [-0.4, -0.2) is 22.5 Å². The predicted molar refractivity (Wildman–Crippen MR) is 79.8 cm³/mol. The van der Waals surface area contributed by atoms with Gasteiger partial charge in [-0.1, -0.05) is 25.7 Å². The first-order valence-electron chi connectivity index (χ1n) is 8.62. The number of carboxylic acids is 1. The number of aliphatic carboxylic acids is 1. The Morgan fingerprint density at radius 3 is 2.33 bits per heavy atom. The van der Waals surface area contributed by atoms with Crippen LogP contribution in [0.25, 0.3) is 0 Å². The van der Waals surface area contributed by atoms with E-state index in [2.05, 4.69) is 5.32 Å². The van der Waals surface area contributed by atoms with E-state index < -0.39 is 11.5 Å². The molecule has 3 fully saturated rings. The summed E-state index contributed by atoms with van der Waals surface area (Å²) >= 11 is 0. The minimum Gasteiger partial charge on any atom is -0.481 e. The van der Waals surface area contributed by atoms with Crippen molar-refractivity contribution < 1.29 is 14.7 Å². The molecule has 0 aromatic carbocycles. The molecule has 0 spiro atoms. The number of carboxylic acid groups (broad SMARTS) is 1. The van der Waals surface area contributed by atoms with E-state index in [1.54, 1.807) is 0 Å². The third-order valence-electron chi connectivity index (χ3n) is 6.10. The van der Waals surface area contributed by atoms with Crippen LogP contribution in [-0.2, 0) is 9.59 Å². The Kier molecular flexibility index (Phi) is 4.23. The van der Waals surface area contributed by atoms with Gasteiger partial charge in [0.1, 0.15) is 0 Å². The van der Waals surface area contributed by atoms with Crippen molar-refractivity contribution in [2.75, 3.05) is 0 Å². The van der Waals surface area contributed by atoms with Gasteiger partial charge in [-0.05, 0) is 50.4 Å². The lowest BCUT2D eigenvalue weighted by Crippen LogP contribution is -2.56. The lowest BCUT2D eigenvalue weighted by molar-refractivity contribution is -0.141. The van der Waals surface area contributed by atoms with Crippen molar-refractivity contribution in [3.8, 4) is 0 Å². The van der Waals surface area contributed by atoms with Crippen molar-refractivity contribution >= 4 is 11.9 Å². The van der Waals surface area contributed by atoms with Gasteiger partial charge >= 0.3 is 5.97 Å². The van der Waals surface area contributed by atoms with Crippen molar-refractivity contribution in [2.24, 2.45) is 17.8 Å². The molecule has 21 heavy (non-hydrogen) atoms. The van der Waals surface area contributed by atoms with Crippen molar-refractivity contribution in [3.63, 3.8) is 0 Å². The van der Waals surface area contributed by atoms with Crippen LogP contribution in [0, 0.1) is 17.8 Å². The lowest BCUT2D eigenvalue weighted by Gasteiger charge is -2.44. The fourth-order valence-corrected chi connectivity index (χ4v) is 4.71. The van der Waals surface area contributed by atoms with Crippen LogP contribution in [0.2, 0.25) is 0 Å². The molecule has 3 aliphatic rings. The van der Waals surface area contributed by atoms with Gasteiger partial charge in [0, 0.05) is 5.92 Å². The molecule has 0 aromatic rings. The first-order chi connectivity index (χ1) is 10.1. The van der Waals surface area contributed by atoms with Crippen LogP contribution in [0.3, 0.4) is 0 Å². The summed E-state index contributed by atoms with van der Waals surface area (Å²) in [5, 5.41) is 12.1. The monoisotopic (exact) mass is 293 g/mol. The third kappa shape index (κ3) is 3.24. The maximum Gasteiger partial charge on any atom is 0.305 e. The second-order valence-corrected chi connectivity index (χ2v) is 7.51. The first-order valence-corrected chi connectivity index (χ1v) is 8.62. The van der Waals surface area contributed by atoms with Crippen molar-refractivity contribution in [1.29, 1.82) is 0 Å². The molecular formula is C17H27NO3.